The Labute approximate surface area is 164 Å². The van der Waals surface area contributed by atoms with E-state index in [4.69, 9.17) is 9.47 Å². The third kappa shape index (κ3) is 6.31. The predicted molar refractivity (Wildman–Crippen MR) is 112 cm³/mol. The zero-order valence-electron chi connectivity index (χ0n) is 17.6. The van der Waals surface area contributed by atoms with Crippen molar-refractivity contribution in [3.8, 4) is 11.5 Å². The van der Waals surface area contributed by atoms with Gasteiger partial charge in [0, 0.05) is 39.8 Å². The van der Waals surface area contributed by atoms with Gasteiger partial charge in [-0.2, -0.15) is 0 Å². The first-order valence-electron chi connectivity index (χ1n) is 9.92. The number of likely N-dealkylation sites (N-methyl/N-ethyl adjacent to an activating group) is 2. The van der Waals surface area contributed by atoms with Crippen LogP contribution in [-0.2, 0) is 6.42 Å². The molecule has 27 heavy (non-hydrogen) atoms. The second kappa shape index (κ2) is 11.0. The Morgan fingerprint density at radius 2 is 1.81 bits per heavy atom. The third-order valence-corrected chi connectivity index (χ3v) is 5.45. The maximum atomic E-state index is 5.39. The van der Waals surface area contributed by atoms with Gasteiger partial charge in [0.15, 0.2) is 17.5 Å². The van der Waals surface area contributed by atoms with E-state index >= 15 is 0 Å². The van der Waals surface area contributed by atoms with Crippen LogP contribution in [0.1, 0.15) is 31.2 Å². The second-order valence-electron chi connectivity index (χ2n) is 7.25. The van der Waals surface area contributed by atoms with Crippen LogP contribution in [0.4, 0.5) is 0 Å². The molecular formula is C21H36N4O2. The number of guanidine groups is 1. The van der Waals surface area contributed by atoms with Gasteiger partial charge in [-0.25, -0.2) is 0 Å². The van der Waals surface area contributed by atoms with Gasteiger partial charge < -0.3 is 24.6 Å². The molecule has 152 valence electrons. The number of hydrogen-bond acceptors (Lipinski definition) is 4. The van der Waals surface area contributed by atoms with Gasteiger partial charge in [-0.05, 0) is 44.0 Å². The van der Waals surface area contributed by atoms with Crippen LogP contribution in [0.25, 0.3) is 0 Å². The summed E-state index contributed by atoms with van der Waals surface area (Å²) in [7, 11) is 9.49. The van der Waals surface area contributed by atoms with E-state index in [9.17, 15) is 0 Å². The summed E-state index contributed by atoms with van der Waals surface area (Å²) in [5.41, 5.74) is 1.22. The molecular weight excluding hydrogens is 340 g/mol. The van der Waals surface area contributed by atoms with E-state index in [1.54, 1.807) is 14.2 Å². The molecule has 0 radical (unpaired) electrons. The van der Waals surface area contributed by atoms with Gasteiger partial charge in [-0.1, -0.05) is 18.9 Å². The SMILES string of the molecule is CN=C(NCCN(C)C1CCCC1)N(C)CCc1ccc(OC)c(OC)c1. The van der Waals surface area contributed by atoms with Crippen molar-refractivity contribution in [3.63, 3.8) is 0 Å². The Kier molecular flexibility index (Phi) is 8.72. The van der Waals surface area contributed by atoms with Gasteiger partial charge in [0.25, 0.3) is 0 Å². The van der Waals surface area contributed by atoms with E-state index in [2.05, 4.69) is 40.3 Å². The molecule has 1 aromatic carbocycles. The van der Waals surface area contributed by atoms with Crippen molar-refractivity contribution in [2.45, 2.75) is 38.1 Å². The number of nitrogens with one attached hydrogen (secondary N) is 1. The van der Waals surface area contributed by atoms with E-state index in [1.807, 2.05) is 19.2 Å². The van der Waals surface area contributed by atoms with Crippen molar-refractivity contribution in [3.05, 3.63) is 23.8 Å². The molecule has 1 N–H and O–H groups in total. The minimum Gasteiger partial charge on any atom is -0.493 e. The molecule has 0 spiro atoms. The Hall–Kier alpha value is -1.95. The lowest BCUT2D eigenvalue weighted by molar-refractivity contribution is 0.248. The fourth-order valence-electron chi connectivity index (χ4n) is 3.70. The Morgan fingerprint density at radius 1 is 1.11 bits per heavy atom. The molecule has 0 bridgehead atoms. The number of aliphatic imine (C=N–C) groups is 1. The van der Waals surface area contributed by atoms with Crippen LogP contribution in [0.2, 0.25) is 0 Å². The van der Waals surface area contributed by atoms with E-state index in [0.717, 1.165) is 49.6 Å². The minimum atomic E-state index is 0.761. The van der Waals surface area contributed by atoms with Gasteiger partial charge >= 0.3 is 0 Å². The number of methoxy groups -OCH3 is 2. The quantitative estimate of drug-likeness (QED) is 0.530. The lowest BCUT2D eigenvalue weighted by atomic mass is 10.1. The molecule has 0 amide bonds. The number of rotatable bonds is 9. The first-order valence-corrected chi connectivity index (χ1v) is 9.92. The van der Waals surface area contributed by atoms with Crippen LogP contribution < -0.4 is 14.8 Å². The summed E-state index contributed by atoms with van der Waals surface area (Å²) >= 11 is 0. The molecule has 1 aliphatic rings. The van der Waals surface area contributed by atoms with Crippen molar-refractivity contribution in [2.75, 3.05) is 55.0 Å². The zero-order valence-corrected chi connectivity index (χ0v) is 17.6. The maximum Gasteiger partial charge on any atom is 0.193 e. The van der Waals surface area contributed by atoms with Crippen LogP contribution in [0.15, 0.2) is 23.2 Å². The monoisotopic (exact) mass is 376 g/mol. The predicted octanol–water partition coefficient (Wildman–Crippen LogP) is 2.63. The molecule has 6 nitrogen and oxygen atoms in total. The molecule has 1 saturated carbocycles. The van der Waals surface area contributed by atoms with Crippen molar-refractivity contribution >= 4 is 5.96 Å². The molecule has 1 fully saturated rings. The lowest BCUT2D eigenvalue weighted by Gasteiger charge is -2.26. The topological polar surface area (TPSA) is 49.3 Å². The summed E-state index contributed by atoms with van der Waals surface area (Å²) in [6.07, 6.45) is 6.36. The normalized spacial score (nSPS) is 15.3. The smallest absolute Gasteiger partial charge is 0.193 e. The Balaban J connectivity index is 1.78. The molecule has 1 aliphatic carbocycles. The van der Waals surface area contributed by atoms with Crippen LogP contribution in [-0.4, -0.2) is 76.8 Å². The zero-order chi connectivity index (χ0) is 19.6. The van der Waals surface area contributed by atoms with Crippen LogP contribution in [0.5, 0.6) is 11.5 Å². The molecule has 0 unspecified atom stereocenters. The lowest BCUT2D eigenvalue weighted by Crippen LogP contribution is -2.43. The maximum absolute atomic E-state index is 5.39. The molecule has 0 aromatic heterocycles. The highest BCUT2D eigenvalue weighted by Gasteiger charge is 2.19. The van der Waals surface area contributed by atoms with E-state index in [1.165, 1.54) is 31.2 Å². The summed E-state index contributed by atoms with van der Waals surface area (Å²) in [5, 5.41) is 3.49. The van der Waals surface area contributed by atoms with Gasteiger partial charge in [-0.15, -0.1) is 0 Å². The molecule has 0 heterocycles. The molecule has 1 aromatic rings. The van der Waals surface area contributed by atoms with E-state index in [0.29, 0.717) is 0 Å². The average Bonchev–Trinajstić information content (AvgIpc) is 3.24. The van der Waals surface area contributed by atoms with E-state index < -0.39 is 0 Å². The highest BCUT2D eigenvalue weighted by molar-refractivity contribution is 5.79. The standard InChI is InChI=1S/C21H36N4O2/c1-22-21(23-13-15-24(2)18-8-6-7-9-18)25(3)14-12-17-10-11-19(26-4)20(16-17)27-5/h10-11,16,18H,6-9,12-15H2,1-5H3,(H,22,23). The molecule has 6 heteroatoms. The highest BCUT2D eigenvalue weighted by Crippen LogP contribution is 2.27. The van der Waals surface area contributed by atoms with Crippen LogP contribution in [0.3, 0.4) is 0 Å². The summed E-state index contributed by atoms with van der Waals surface area (Å²) in [6.45, 7) is 2.85. The summed E-state index contributed by atoms with van der Waals surface area (Å²) in [4.78, 5) is 9.08. The molecule has 2 rings (SSSR count). The fourth-order valence-corrected chi connectivity index (χ4v) is 3.70. The summed E-state index contributed by atoms with van der Waals surface area (Å²) in [5.74, 6) is 2.48. The molecule has 0 saturated heterocycles. The van der Waals surface area contributed by atoms with E-state index in [-0.39, 0.29) is 0 Å². The largest absolute Gasteiger partial charge is 0.493 e. The van der Waals surface area contributed by atoms with Crippen molar-refractivity contribution in [1.29, 1.82) is 0 Å². The van der Waals surface area contributed by atoms with Gasteiger partial charge in [0.2, 0.25) is 0 Å². The van der Waals surface area contributed by atoms with Crippen LogP contribution >= 0.6 is 0 Å². The first kappa shape index (κ1) is 21.4. The molecule has 0 aliphatic heterocycles. The highest BCUT2D eigenvalue weighted by atomic mass is 16.5. The number of hydrogen-bond donors (Lipinski definition) is 1. The Morgan fingerprint density at radius 3 is 2.44 bits per heavy atom. The van der Waals surface area contributed by atoms with Crippen molar-refractivity contribution in [1.82, 2.24) is 15.1 Å². The second-order valence-corrected chi connectivity index (χ2v) is 7.25. The number of benzene rings is 1. The minimum absolute atomic E-state index is 0.761. The molecule has 0 atom stereocenters. The van der Waals surface area contributed by atoms with Gasteiger partial charge in [-0.3, -0.25) is 4.99 Å². The number of ether oxygens (including phenoxy) is 2. The Bertz CT molecular complexity index is 600. The van der Waals surface area contributed by atoms with Crippen LogP contribution in [0, 0.1) is 0 Å². The average molecular weight is 377 g/mol. The summed E-state index contributed by atoms with van der Waals surface area (Å²) < 4.78 is 10.7. The number of nitrogens with zero attached hydrogens (tertiary/aromatic N) is 3. The van der Waals surface area contributed by atoms with Gasteiger partial charge in [0.05, 0.1) is 14.2 Å². The fraction of sp³-hybridized carbons (Fsp3) is 0.667. The van der Waals surface area contributed by atoms with Gasteiger partial charge in [0.1, 0.15) is 0 Å². The van der Waals surface area contributed by atoms with Crippen molar-refractivity contribution < 1.29 is 9.47 Å². The first-order chi connectivity index (χ1) is 13.1. The third-order valence-electron chi connectivity index (χ3n) is 5.45. The van der Waals surface area contributed by atoms with Crippen molar-refractivity contribution in [2.24, 2.45) is 4.99 Å². The summed E-state index contributed by atoms with van der Waals surface area (Å²) in [6, 6.07) is 6.85.